The highest BCUT2D eigenvalue weighted by atomic mass is 16.5. The molecular weight excluding hydrogens is 206 g/mol. The molecule has 0 aliphatic heterocycles. The number of hydrogen-bond donors (Lipinski definition) is 2. The van der Waals surface area contributed by atoms with Crippen LogP contribution < -0.4 is 15.9 Å². The van der Waals surface area contributed by atoms with Gasteiger partial charge in [-0.15, -0.1) is 0 Å². The largest absolute Gasteiger partial charge is 0.491 e. The highest BCUT2D eigenvalue weighted by molar-refractivity contribution is 5.75. The minimum Gasteiger partial charge on any atom is -0.491 e. The maximum Gasteiger partial charge on any atom is 0.237 e. The molecule has 0 aliphatic carbocycles. The number of benzene rings is 1. The number of para-hydroxylation sites is 2. The van der Waals surface area contributed by atoms with Gasteiger partial charge >= 0.3 is 0 Å². The van der Waals surface area contributed by atoms with Crippen LogP contribution in [0.5, 0.6) is 5.75 Å². The molecule has 16 heavy (non-hydrogen) atoms. The summed E-state index contributed by atoms with van der Waals surface area (Å²) in [7, 11) is 3.52. The molecule has 1 amide bonds. The number of hydrogen-bond acceptors (Lipinski definition) is 4. The summed E-state index contributed by atoms with van der Waals surface area (Å²) in [6.45, 7) is 0.313. The molecule has 0 aromatic heterocycles. The molecule has 0 bridgehead atoms. The number of nitrogens with one attached hydrogen (secondary N) is 1. The smallest absolute Gasteiger partial charge is 0.237 e. The molecule has 0 radical (unpaired) electrons. The molecule has 0 saturated carbocycles. The average Bonchev–Trinajstić information content (AvgIpc) is 2.19. The monoisotopic (exact) mass is 223 g/mol. The summed E-state index contributed by atoms with van der Waals surface area (Å²) in [5.74, 6) is 0.527. The molecular formula is C11H17N3O2. The Hall–Kier alpha value is -1.75. The van der Waals surface area contributed by atoms with Crippen LogP contribution in [-0.4, -0.2) is 31.6 Å². The van der Waals surface area contributed by atoms with Crippen molar-refractivity contribution in [1.82, 2.24) is 10.4 Å². The number of nitrogen functional groups attached to an aromatic ring is 1. The Labute approximate surface area is 95.2 Å². The van der Waals surface area contributed by atoms with Crippen molar-refractivity contribution in [3.63, 3.8) is 0 Å². The number of carbonyl (C=O) groups excluding carboxylic acids is 1. The molecule has 1 aromatic carbocycles. The number of ether oxygens (including phenoxy) is 1. The van der Waals surface area contributed by atoms with Gasteiger partial charge in [0, 0.05) is 14.1 Å². The van der Waals surface area contributed by atoms with Crippen LogP contribution in [0.1, 0.15) is 6.42 Å². The first-order valence-corrected chi connectivity index (χ1v) is 5.03. The Bertz CT molecular complexity index is 353. The van der Waals surface area contributed by atoms with E-state index in [4.69, 9.17) is 10.5 Å². The number of amides is 1. The first-order chi connectivity index (χ1) is 7.59. The summed E-state index contributed by atoms with van der Waals surface area (Å²) in [6, 6.07) is 7.21. The maximum absolute atomic E-state index is 11.3. The van der Waals surface area contributed by atoms with Crippen molar-refractivity contribution in [2.24, 2.45) is 0 Å². The van der Waals surface area contributed by atoms with E-state index in [9.17, 15) is 4.79 Å². The van der Waals surface area contributed by atoms with Gasteiger partial charge in [0.2, 0.25) is 5.91 Å². The van der Waals surface area contributed by atoms with Crippen molar-refractivity contribution < 1.29 is 9.53 Å². The Morgan fingerprint density at radius 1 is 1.44 bits per heavy atom. The molecule has 0 heterocycles. The highest BCUT2D eigenvalue weighted by Gasteiger charge is 2.03. The molecule has 0 fully saturated rings. The van der Waals surface area contributed by atoms with Gasteiger partial charge in [0.15, 0.2) is 0 Å². The fourth-order valence-corrected chi connectivity index (χ4v) is 1.17. The standard InChI is InChI=1S/C11H17N3O2/c1-14(2)13-11(15)7-8-16-10-6-4-3-5-9(10)12/h3-6H,7-8,12H2,1-2H3,(H,13,15). The molecule has 3 N–H and O–H groups in total. The zero-order valence-electron chi connectivity index (χ0n) is 9.56. The minimum absolute atomic E-state index is 0.0838. The van der Waals surface area contributed by atoms with Crippen molar-refractivity contribution in [2.75, 3.05) is 26.4 Å². The van der Waals surface area contributed by atoms with Crippen molar-refractivity contribution >= 4 is 11.6 Å². The molecule has 5 heteroatoms. The van der Waals surface area contributed by atoms with Crippen LogP contribution >= 0.6 is 0 Å². The van der Waals surface area contributed by atoms with Crippen LogP contribution in [0, 0.1) is 0 Å². The van der Waals surface area contributed by atoms with Crippen LogP contribution in [0.4, 0.5) is 5.69 Å². The molecule has 0 saturated heterocycles. The Kier molecular flexibility index (Phi) is 4.60. The molecule has 0 atom stereocenters. The Morgan fingerprint density at radius 3 is 2.75 bits per heavy atom. The second kappa shape index (κ2) is 5.97. The summed E-state index contributed by atoms with van der Waals surface area (Å²) in [5.41, 5.74) is 8.89. The van der Waals surface area contributed by atoms with Gasteiger partial charge in [-0.3, -0.25) is 10.2 Å². The molecule has 1 rings (SSSR count). The van der Waals surface area contributed by atoms with Crippen molar-refractivity contribution in [3.8, 4) is 5.75 Å². The van der Waals surface area contributed by atoms with E-state index in [2.05, 4.69) is 5.43 Å². The number of anilines is 1. The molecule has 5 nitrogen and oxygen atoms in total. The van der Waals surface area contributed by atoms with Gasteiger partial charge in [-0.2, -0.15) is 0 Å². The van der Waals surface area contributed by atoms with E-state index in [1.54, 1.807) is 31.2 Å². The zero-order chi connectivity index (χ0) is 12.0. The van der Waals surface area contributed by atoms with E-state index in [1.165, 1.54) is 0 Å². The van der Waals surface area contributed by atoms with E-state index in [0.29, 0.717) is 24.5 Å². The summed E-state index contributed by atoms with van der Waals surface area (Å²) in [4.78, 5) is 11.3. The fourth-order valence-electron chi connectivity index (χ4n) is 1.17. The lowest BCUT2D eigenvalue weighted by atomic mass is 10.3. The number of rotatable bonds is 5. The number of hydrazine groups is 1. The van der Waals surface area contributed by atoms with E-state index in [1.807, 2.05) is 12.1 Å². The quantitative estimate of drug-likeness (QED) is 0.567. The Morgan fingerprint density at radius 2 is 2.12 bits per heavy atom. The van der Waals surface area contributed by atoms with Crippen molar-refractivity contribution in [2.45, 2.75) is 6.42 Å². The van der Waals surface area contributed by atoms with E-state index < -0.39 is 0 Å². The Balaban J connectivity index is 2.31. The van der Waals surface area contributed by atoms with Gasteiger partial charge in [0.1, 0.15) is 5.75 Å². The molecule has 0 unspecified atom stereocenters. The average molecular weight is 223 g/mol. The van der Waals surface area contributed by atoms with Crippen LogP contribution in [-0.2, 0) is 4.79 Å². The van der Waals surface area contributed by atoms with E-state index in [-0.39, 0.29) is 5.91 Å². The zero-order valence-corrected chi connectivity index (χ0v) is 9.56. The molecule has 1 aromatic rings. The second-order valence-corrected chi connectivity index (χ2v) is 3.57. The third kappa shape index (κ3) is 4.18. The minimum atomic E-state index is -0.0838. The molecule has 0 aliphatic rings. The van der Waals surface area contributed by atoms with Crippen LogP contribution in [0.15, 0.2) is 24.3 Å². The van der Waals surface area contributed by atoms with Crippen molar-refractivity contribution in [3.05, 3.63) is 24.3 Å². The van der Waals surface area contributed by atoms with Crippen molar-refractivity contribution in [1.29, 1.82) is 0 Å². The van der Waals surface area contributed by atoms with Crippen LogP contribution in [0.2, 0.25) is 0 Å². The summed E-state index contributed by atoms with van der Waals surface area (Å²) < 4.78 is 5.38. The van der Waals surface area contributed by atoms with Gasteiger partial charge in [-0.25, -0.2) is 5.01 Å². The maximum atomic E-state index is 11.3. The summed E-state index contributed by atoms with van der Waals surface area (Å²) >= 11 is 0. The third-order valence-corrected chi connectivity index (χ3v) is 1.85. The van der Waals surface area contributed by atoms with Gasteiger partial charge in [-0.1, -0.05) is 12.1 Å². The normalized spacial score (nSPS) is 10.2. The van der Waals surface area contributed by atoms with Crippen LogP contribution in [0.3, 0.4) is 0 Å². The molecule has 88 valence electrons. The first-order valence-electron chi connectivity index (χ1n) is 5.03. The predicted octanol–water partition coefficient (Wildman–Crippen LogP) is 0.630. The first kappa shape index (κ1) is 12.3. The third-order valence-electron chi connectivity index (χ3n) is 1.85. The summed E-state index contributed by atoms with van der Waals surface area (Å²) in [5, 5.41) is 1.60. The van der Waals surface area contributed by atoms with Gasteiger partial charge in [-0.05, 0) is 12.1 Å². The number of carbonyl (C=O) groups is 1. The van der Waals surface area contributed by atoms with Crippen LogP contribution in [0.25, 0.3) is 0 Å². The van der Waals surface area contributed by atoms with E-state index in [0.717, 1.165) is 0 Å². The second-order valence-electron chi connectivity index (χ2n) is 3.57. The lowest BCUT2D eigenvalue weighted by Crippen LogP contribution is -2.36. The van der Waals surface area contributed by atoms with Gasteiger partial charge in [0.25, 0.3) is 0 Å². The SMILES string of the molecule is CN(C)NC(=O)CCOc1ccccc1N. The topological polar surface area (TPSA) is 67.6 Å². The summed E-state index contributed by atoms with van der Waals surface area (Å²) in [6.07, 6.45) is 0.298. The van der Waals surface area contributed by atoms with Gasteiger partial charge < -0.3 is 10.5 Å². The highest BCUT2D eigenvalue weighted by Crippen LogP contribution is 2.19. The lowest BCUT2D eigenvalue weighted by molar-refractivity contribution is -0.125. The van der Waals surface area contributed by atoms with Gasteiger partial charge in [0.05, 0.1) is 18.7 Å². The molecule has 0 spiro atoms. The van der Waals surface area contributed by atoms with E-state index >= 15 is 0 Å². The number of nitrogens with zero attached hydrogens (tertiary/aromatic N) is 1. The lowest BCUT2D eigenvalue weighted by Gasteiger charge is -2.12. The fraction of sp³-hybridized carbons (Fsp3) is 0.364. The predicted molar refractivity (Wildman–Crippen MR) is 62.8 cm³/mol. The number of nitrogens with two attached hydrogens (primary N) is 1.